The van der Waals surface area contributed by atoms with Gasteiger partial charge in [0.15, 0.2) is 18.1 Å². The maximum Gasteiger partial charge on any atom is 0.293 e. The molecule has 10 heteroatoms. The van der Waals surface area contributed by atoms with E-state index in [2.05, 4.69) is 5.32 Å². The topological polar surface area (TPSA) is 103 Å². The van der Waals surface area contributed by atoms with E-state index in [9.17, 15) is 14.4 Å². The lowest BCUT2D eigenvalue weighted by Gasteiger charge is -2.14. The van der Waals surface area contributed by atoms with Crippen molar-refractivity contribution in [3.05, 3.63) is 82.3 Å². The Morgan fingerprint density at radius 3 is 2.51 bits per heavy atom. The molecule has 4 rings (SSSR count). The molecule has 0 unspecified atom stereocenters. The Morgan fingerprint density at radius 1 is 0.927 bits per heavy atom. The fraction of sp³-hybridized carbons (Fsp3) is 0.258. The van der Waals surface area contributed by atoms with Crippen molar-refractivity contribution in [3.63, 3.8) is 0 Å². The number of hydrogen-bond donors (Lipinski definition) is 1. The van der Waals surface area contributed by atoms with Gasteiger partial charge in [-0.3, -0.25) is 19.3 Å². The van der Waals surface area contributed by atoms with Crippen molar-refractivity contribution in [2.75, 3.05) is 38.8 Å². The molecule has 9 nitrogen and oxygen atoms in total. The zero-order valence-corrected chi connectivity index (χ0v) is 24.2. The van der Waals surface area contributed by atoms with E-state index in [1.807, 2.05) is 45.0 Å². The van der Waals surface area contributed by atoms with E-state index >= 15 is 0 Å². The Bertz CT molecular complexity index is 1470. The van der Waals surface area contributed by atoms with Crippen molar-refractivity contribution in [2.24, 2.45) is 0 Å². The van der Waals surface area contributed by atoms with E-state index in [0.29, 0.717) is 40.0 Å². The van der Waals surface area contributed by atoms with Gasteiger partial charge in [0.1, 0.15) is 18.1 Å². The molecule has 0 saturated carbocycles. The number of rotatable bonds is 12. The van der Waals surface area contributed by atoms with Crippen molar-refractivity contribution in [2.45, 2.75) is 20.8 Å². The normalized spacial score (nSPS) is 13.9. The van der Waals surface area contributed by atoms with Gasteiger partial charge in [0.2, 0.25) is 0 Å². The maximum absolute atomic E-state index is 12.9. The van der Waals surface area contributed by atoms with Crippen molar-refractivity contribution in [3.8, 4) is 23.0 Å². The van der Waals surface area contributed by atoms with Crippen LogP contribution in [0.1, 0.15) is 23.6 Å². The number of carbonyl (C=O) groups is 3. The molecule has 1 saturated heterocycles. The summed E-state index contributed by atoms with van der Waals surface area (Å²) >= 11 is 0.873. The molecular weight excluding hydrogens is 544 g/mol. The highest BCUT2D eigenvalue weighted by atomic mass is 32.2. The van der Waals surface area contributed by atoms with Crippen LogP contribution in [-0.4, -0.2) is 55.4 Å². The highest BCUT2D eigenvalue weighted by Crippen LogP contribution is 2.34. The SMILES string of the molecule is CCOc1ccccc1NC(=O)COc1ccc(/C=C2\SC(=O)N(CCOc3cc(C)ccc3C)C2=O)cc1OC. The quantitative estimate of drug-likeness (QED) is 0.268. The first kappa shape index (κ1) is 29.5. The first-order valence-corrected chi connectivity index (χ1v) is 13.9. The van der Waals surface area contributed by atoms with Crippen LogP contribution in [0.4, 0.5) is 10.5 Å². The zero-order valence-electron chi connectivity index (χ0n) is 23.4. The third-order valence-electron chi connectivity index (χ3n) is 6.09. The molecule has 41 heavy (non-hydrogen) atoms. The second-order valence-electron chi connectivity index (χ2n) is 9.13. The molecule has 0 aliphatic carbocycles. The van der Waals surface area contributed by atoms with E-state index in [4.69, 9.17) is 18.9 Å². The standard InChI is InChI=1S/C31H32N2O7S/c1-5-38-24-9-7-6-8-23(24)32-29(34)19-40-25-13-12-22(17-27(25)37-4)18-28-30(35)33(31(36)41-28)14-15-39-26-16-20(2)10-11-21(26)3/h6-13,16-18H,5,14-15,19H2,1-4H3,(H,32,34)/b28-18-. The molecule has 3 aromatic rings. The van der Waals surface area contributed by atoms with Crippen molar-refractivity contribution >= 4 is 40.6 Å². The number of nitrogens with one attached hydrogen (secondary N) is 1. The number of anilines is 1. The average molecular weight is 577 g/mol. The van der Waals surface area contributed by atoms with E-state index in [1.165, 1.54) is 12.0 Å². The Hall–Kier alpha value is -4.44. The van der Waals surface area contributed by atoms with Gasteiger partial charge >= 0.3 is 0 Å². The lowest BCUT2D eigenvalue weighted by atomic mass is 10.1. The Labute approximate surface area is 243 Å². The molecule has 0 radical (unpaired) electrons. The van der Waals surface area contributed by atoms with E-state index in [0.717, 1.165) is 28.6 Å². The van der Waals surface area contributed by atoms with Crippen LogP contribution in [-0.2, 0) is 9.59 Å². The summed E-state index contributed by atoms with van der Waals surface area (Å²) in [6, 6.07) is 18.1. The van der Waals surface area contributed by atoms with Crippen LogP contribution in [0.3, 0.4) is 0 Å². The summed E-state index contributed by atoms with van der Waals surface area (Å²) in [6.07, 6.45) is 1.63. The second kappa shape index (κ2) is 13.8. The molecule has 0 spiro atoms. The third-order valence-corrected chi connectivity index (χ3v) is 7.00. The van der Waals surface area contributed by atoms with Gasteiger partial charge in [0, 0.05) is 0 Å². The van der Waals surface area contributed by atoms with Gasteiger partial charge in [-0.05, 0) is 85.6 Å². The number of thioether (sulfide) groups is 1. The van der Waals surface area contributed by atoms with Crippen LogP contribution in [0.5, 0.6) is 23.0 Å². The summed E-state index contributed by atoms with van der Waals surface area (Å²) in [5.74, 6) is 1.29. The zero-order chi connectivity index (χ0) is 29.4. The van der Waals surface area contributed by atoms with Crippen LogP contribution in [0, 0.1) is 13.8 Å². The van der Waals surface area contributed by atoms with E-state index < -0.39 is 0 Å². The minimum absolute atomic E-state index is 0.141. The molecule has 1 heterocycles. The number of amides is 3. The molecule has 1 fully saturated rings. The first-order valence-electron chi connectivity index (χ1n) is 13.1. The van der Waals surface area contributed by atoms with Gasteiger partial charge in [0.05, 0.1) is 30.9 Å². The molecule has 0 bridgehead atoms. The molecule has 0 atom stereocenters. The van der Waals surface area contributed by atoms with E-state index in [-0.39, 0.29) is 36.8 Å². The van der Waals surface area contributed by atoms with Gasteiger partial charge < -0.3 is 24.3 Å². The predicted molar refractivity (Wildman–Crippen MR) is 159 cm³/mol. The number of benzene rings is 3. The largest absolute Gasteiger partial charge is 0.493 e. The predicted octanol–water partition coefficient (Wildman–Crippen LogP) is 5.84. The lowest BCUT2D eigenvalue weighted by molar-refractivity contribution is -0.123. The Kier molecular flexibility index (Phi) is 9.91. The lowest BCUT2D eigenvalue weighted by Crippen LogP contribution is -2.32. The molecule has 0 aromatic heterocycles. The van der Waals surface area contributed by atoms with Crippen LogP contribution < -0.4 is 24.3 Å². The number of aryl methyl sites for hydroxylation is 2. The fourth-order valence-corrected chi connectivity index (χ4v) is 4.89. The molecule has 3 aromatic carbocycles. The highest BCUT2D eigenvalue weighted by Gasteiger charge is 2.34. The number of nitrogens with zero attached hydrogens (tertiary/aromatic N) is 1. The molecule has 3 amide bonds. The number of ether oxygens (including phenoxy) is 4. The third kappa shape index (κ3) is 7.61. The van der Waals surface area contributed by atoms with Gasteiger partial charge in [-0.2, -0.15) is 0 Å². The summed E-state index contributed by atoms with van der Waals surface area (Å²) in [6.45, 7) is 6.35. The van der Waals surface area contributed by atoms with Gasteiger partial charge in [-0.1, -0.05) is 30.3 Å². The fourth-order valence-electron chi connectivity index (χ4n) is 4.03. The van der Waals surface area contributed by atoms with Gasteiger partial charge in [-0.15, -0.1) is 0 Å². The number of hydrogen-bond acceptors (Lipinski definition) is 8. The van der Waals surface area contributed by atoms with Crippen molar-refractivity contribution in [1.29, 1.82) is 0 Å². The Balaban J connectivity index is 1.36. The number of para-hydroxylation sites is 2. The Morgan fingerprint density at radius 2 is 1.73 bits per heavy atom. The monoisotopic (exact) mass is 576 g/mol. The molecule has 1 aliphatic heterocycles. The maximum atomic E-state index is 12.9. The summed E-state index contributed by atoms with van der Waals surface area (Å²) in [4.78, 5) is 39.5. The molecule has 1 N–H and O–H groups in total. The number of methoxy groups -OCH3 is 1. The minimum Gasteiger partial charge on any atom is -0.493 e. The average Bonchev–Trinajstić information content (AvgIpc) is 3.22. The summed E-state index contributed by atoms with van der Waals surface area (Å²) in [7, 11) is 1.48. The molecular formula is C31H32N2O7S. The van der Waals surface area contributed by atoms with Gasteiger partial charge in [0.25, 0.3) is 17.1 Å². The number of imide groups is 1. The van der Waals surface area contributed by atoms with E-state index in [1.54, 1.807) is 42.5 Å². The van der Waals surface area contributed by atoms with Gasteiger partial charge in [-0.25, -0.2) is 0 Å². The highest BCUT2D eigenvalue weighted by molar-refractivity contribution is 8.18. The molecule has 1 aliphatic rings. The van der Waals surface area contributed by atoms with Crippen molar-refractivity contribution in [1.82, 2.24) is 4.90 Å². The first-order chi connectivity index (χ1) is 19.8. The summed E-state index contributed by atoms with van der Waals surface area (Å²) < 4.78 is 22.5. The number of carbonyl (C=O) groups excluding carboxylic acids is 3. The van der Waals surface area contributed by atoms with Crippen LogP contribution in [0.15, 0.2) is 65.6 Å². The van der Waals surface area contributed by atoms with Crippen molar-refractivity contribution < 1.29 is 33.3 Å². The van der Waals surface area contributed by atoms with Crippen LogP contribution in [0.25, 0.3) is 6.08 Å². The second-order valence-corrected chi connectivity index (χ2v) is 10.1. The minimum atomic E-state index is -0.382. The summed E-state index contributed by atoms with van der Waals surface area (Å²) in [5, 5.41) is 2.43. The summed E-state index contributed by atoms with van der Waals surface area (Å²) in [5.41, 5.74) is 3.24. The smallest absolute Gasteiger partial charge is 0.293 e. The van der Waals surface area contributed by atoms with Crippen LogP contribution in [0.2, 0.25) is 0 Å². The van der Waals surface area contributed by atoms with Crippen LogP contribution >= 0.6 is 11.8 Å². The molecule has 214 valence electrons.